The van der Waals surface area contributed by atoms with Gasteiger partial charge >= 0.3 is 0 Å². The van der Waals surface area contributed by atoms with Crippen LogP contribution in [0.1, 0.15) is 11.1 Å². The van der Waals surface area contributed by atoms with Crippen LogP contribution in [0.25, 0.3) is 0 Å². The molecule has 0 fully saturated rings. The molecular formula is C14H10BrFN2O2S. The van der Waals surface area contributed by atoms with Gasteiger partial charge in [0.2, 0.25) is 0 Å². The molecule has 4 nitrogen and oxygen atoms in total. The molecule has 0 amide bonds. The smallest absolute Gasteiger partial charge is 0.262 e. The number of nitriles is 1. The van der Waals surface area contributed by atoms with Crippen LogP contribution in [0.5, 0.6) is 0 Å². The Bertz CT molecular complexity index is 845. The minimum absolute atomic E-state index is 0.000148. The lowest BCUT2D eigenvalue weighted by atomic mass is 10.2. The molecule has 2 aromatic rings. The van der Waals surface area contributed by atoms with Crippen molar-refractivity contribution in [3.8, 4) is 6.07 Å². The maximum atomic E-state index is 13.1. The summed E-state index contributed by atoms with van der Waals surface area (Å²) in [4.78, 5) is 0.000148. The van der Waals surface area contributed by atoms with Gasteiger partial charge in [-0.1, -0.05) is 0 Å². The average Bonchev–Trinajstić information content (AvgIpc) is 2.40. The zero-order valence-electron chi connectivity index (χ0n) is 10.9. The number of hydrogen-bond acceptors (Lipinski definition) is 3. The van der Waals surface area contributed by atoms with Gasteiger partial charge in [0, 0.05) is 4.47 Å². The first-order valence-corrected chi connectivity index (χ1v) is 8.10. The number of rotatable bonds is 3. The minimum Gasteiger partial charge on any atom is -0.278 e. The monoisotopic (exact) mass is 368 g/mol. The van der Waals surface area contributed by atoms with E-state index in [1.807, 2.05) is 6.07 Å². The molecule has 0 bridgehead atoms. The van der Waals surface area contributed by atoms with Crippen LogP contribution >= 0.6 is 15.9 Å². The second-order valence-corrected chi connectivity index (χ2v) is 6.83. The summed E-state index contributed by atoms with van der Waals surface area (Å²) in [5.41, 5.74) is 1.02. The number of benzene rings is 2. The molecule has 0 spiro atoms. The molecule has 108 valence electrons. The van der Waals surface area contributed by atoms with Gasteiger partial charge in [0.15, 0.2) is 0 Å². The summed E-state index contributed by atoms with van der Waals surface area (Å²) in [5.74, 6) is -0.494. The van der Waals surface area contributed by atoms with E-state index in [0.29, 0.717) is 21.3 Å². The third-order valence-electron chi connectivity index (χ3n) is 2.77. The molecule has 2 aromatic carbocycles. The molecule has 0 aromatic heterocycles. The van der Waals surface area contributed by atoms with Crippen molar-refractivity contribution in [2.75, 3.05) is 4.72 Å². The Morgan fingerprint density at radius 2 is 1.95 bits per heavy atom. The van der Waals surface area contributed by atoms with Crippen LogP contribution in [0.2, 0.25) is 0 Å². The SMILES string of the molecule is Cc1cc(F)ccc1S(=O)(=O)Nc1ccc(C#N)cc1Br. The van der Waals surface area contributed by atoms with Crippen molar-refractivity contribution in [2.24, 2.45) is 0 Å². The van der Waals surface area contributed by atoms with E-state index >= 15 is 0 Å². The van der Waals surface area contributed by atoms with Crippen molar-refractivity contribution in [2.45, 2.75) is 11.8 Å². The van der Waals surface area contributed by atoms with Crippen LogP contribution in [0.15, 0.2) is 45.8 Å². The Labute approximate surface area is 130 Å². The normalized spacial score (nSPS) is 11.0. The lowest BCUT2D eigenvalue weighted by Gasteiger charge is -2.11. The molecule has 1 N–H and O–H groups in total. The molecule has 0 saturated carbocycles. The van der Waals surface area contributed by atoms with Crippen molar-refractivity contribution in [3.05, 3.63) is 57.8 Å². The van der Waals surface area contributed by atoms with Crippen LogP contribution < -0.4 is 4.72 Å². The quantitative estimate of drug-likeness (QED) is 0.899. The first-order chi connectivity index (χ1) is 9.83. The second kappa shape index (κ2) is 5.84. The van der Waals surface area contributed by atoms with E-state index < -0.39 is 15.8 Å². The van der Waals surface area contributed by atoms with Gasteiger partial charge in [0.05, 0.1) is 22.2 Å². The van der Waals surface area contributed by atoms with Crippen LogP contribution in [0.4, 0.5) is 10.1 Å². The average molecular weight is 369 g/mol. The van der Waals surface area contributed by atoms with E-state index in [2.05, 4.69) is 20.7 Å². The summed E-state index contributed by atoms with van der Waals surface area (Å²) in [6.07, 6.45) is 0. The number of halogens is 2. The maximum absolute atomic E-state index is 13.1. The minimum atomic E-state index is -3.83. The fourth-order valence-corrected chi connectivity index (χ4v) is 3.70. The van der Waals surface area contributed by atoms with E-state index in [1.54, 1.807) is 0 Å². The van der Waals surface area contributed by atoms with E-state index in [-0.39, 0.29) is 4.90 Å². The first kappa shape index (κ1) is 15.5. The van der Waals surface area contributed by atoms with Gasteiger partial charge in [0.1, 0.15) is 5.82 Å². The van der Waals surface area contributed by atoms with E-state index in [9.17, 15) is 12.8 Å². The first-order valence-electron chi connectivity index (χ1n) is 5.82. The lowest BCUT2D eigenvalue weighted by molar-refractivity contribution is 0.598. The van der Waals surface area contributed by atoms with Crippen molar-refractivity contribution < 1.29 is 12.8 Å². The largest absolute Gasteiger partial charge is 0.278 e. The number of nitrogens with one attached hydrogen (secondary N) is 1. The van der Waals surface area contributed by atoms with Crippen LogP contribution in [0.3, 0.4) is 0 Å². The van der Waals surface area contributed by atoms with Gasteiger partial charge in [-0.2, -0.15) is 5.26 Å². The Balaban J connectivity index is 2.40. The number of nitrogens with zero attached hydrogens (tertiary/aromatic N) is 1. The zero-order valence-corrected chi connectivity index (χ0v) is 13.3. The fourth-order valence-electron chi connectivity index (χ4n) is 1.78. The summed E-state index contributed by atoms with van der Waals surface area (Å²) < 4.78 is 40.6. The molecule has 0 saturated heterocycles. The van der Waals surface area contributed by atoms with Gasteiger partial charge in [-0.3, -0.25) is 4.72 Å². The highest BCUT2D eigenvalue weighted by molar-refractivity contribution is 9.10. The third-order valence-corrected chi connectivity index (χ3v) is 4.95. The number of anilines is 1. The van der Waals surface area contributed by atoms with Gasteiger partial charge in [-0.05, 0) is 64.8 Å². The maximum Gasteiger partial charge on any atom is 0.262 e. The molecule has 0 aliphatic carbocycles. The zero-order chi connectivity index (χ0) is 15.6. The van der Waals surface area contributed by atoms with E-state index in [0.717, 1.165) is 12.1 Å². The summed E-state index contributed by atoms with van der Waals surface area (Å²) in [7, 11) is -3.83. The summed E-state index contributed by atoms with van der Waals surface area (Å²) in [6, 6.07) is 9.91. The van der Waals surface area contributed by atoms with Crippen molar-refractivity contribution in [1.29, 1.82) is 5.26 Å². The molecule has 21 heavy (non-hydrogen) atoms. The second-order valence-electron chi connectivity index (χ2n) is 4.32. The molecule has 0 aliphatic heterocycles. The predicted molar refractivity (Wildman–Crippen MR) is 80.8 cm³/mol. The van der Waals surface area contributed by atoms with Gasteiger partial charge in [-0.15, -0.1) is 0 Å². The Morgan fingerprint density at radius 3 is 2.52 bits per heavy atom. The van der Waals surface area contributed by atoms with Crippen molar-refractivity contribution in [3.63, 3.8) is 0 Å². The lowest BCUT2D eigenvalue weighted by Crippen LogP contribution is -2.14. The highest BCUT2D eigenvalue weighted by Crippen LogP contribution is 2.27. The Kier molecular flexibility index (Phi) is 4.30. The van der Waals surface area contributed by atoms with Gasteiger partial charge in [-0.25, -0.2) is 12.8 Å². The molecule has 0 unspecified atom stereocenters. The Hall–Kier alpha value is -1.91. The summed E-state index contributed by atoms with van der Waals surface area (Å²) in [5, 5.41) is 8.78. The van der Waals surface area contributed by atoms with Crippen molar-refractivity contribution >= 4 is 31.6 Å². The third kappa shape index (κ3) is 3.40. The molecule has 0 heterocycles. The predicted octanol–water partition coefficient (Wildman–Crippen LogP) is 3.57. The summed E-state index contributed by atoms with van der Waals surface area (Å²) >= 11 is 3.21. The molecule has 2 rings (SSSR count). The van der Waals surface area contributed by atoms with E-state index in [1.165, 1.54) is 31.2 Å². The molecule has 0 atom stereocenters. The molecule has 7 heteroatoms. The highest BCUT2D eigenvalue weighted by Gasteiger charge is 2.18. The van der Waals surface area contributed by atoms with Crippen LogP contribution in [-0.4, -0.2) is 8.42 Å². The fraction of sp³-hybridized carbons (Fsp3) is 0.0714. The van der Waals surface area contributed by atoms with Gasteiger partial charge in [0.25, 0.3) is 10.0 Å². The van der Waals surface area contributed by atoms with E-state index in [4.69, 9.17) is 5.26 Å². The molecule has 0 aliphatic rings. The molecule has 0 radical (unpaired) electrons. The number of hydrogen-bond donors (Lipinski definition) is 1. The molecular weight excluding hydrogens is 359 g/mol. The van der Waals surface area contributed by atoms with Crippen LogP contribution in [0, 0.1) is 24.1 Å². The number of aryl methyl sites for hydroxylation is 1. The highest BCUT2D eigenvalue weighted by atomic mass is 79.9. The van der Waals surface area contributed by atoms with Gasteiger partial charge < -0.3 is 0 Å². The standard InChI is InChI=1S/C14H10BrFN2O2S/c1-9-6-11(16)3-5-14(9)21(19,20)18-13-4-2-10(8-17)7-12(13)15/h2-7,18H,1H3. The van der Waals surface area contributed by atoms with Crippen molar-refractivity contribution in [1.82, 2.24) is 0 Å². The van der Waals surface area contributed by atoms with Crippen LogP contribution in [-0.2, 0) is 10.0 Å². The number of sulfonamides is 1. The topological polar surface area (TPSA) is 70.0 Å². The summed E-state index contributed by atoms with van der Waals surface area (Å²) in [6.45, 7) is 1.52. The Morgan fingerprint density at radius 1 is 1.24 bits per heavy atom.